The van der Waals surface area contributed by atoms with Crippen molar-refractivity contribution in [2.75, 3.05) is 44.1 Å². The minimum absolute atomic E-state index is 0.0196. The van der Waals surface area contributed by atoms with Crippen molar-refractivity contribution in [2.24, 2.45) is 5.92 Å². The Morgan fingerprint density at radius 2 is 2.18 bits per heavy atom. The van der Waals surface area contributed by atoms with Crippen LogP contribution in [0.15, 0.2) is 18.3 Å². The monoisotopic (exact) mass is 304 g/mol. The van der Waals surface area contributed by atoms with Crippen LogP contribution < -0.4 is 10.2 Å². The maximum Gasteiger partial charge on any atom is 0.322 e. The number of nitrogens with zero attached hydrogens (tertiary/aromatic N) is 3. The summed E-state index contributed by atoms with van der Waals surface area (Å²) in [7, 11) is 3.89. The Morgan fingerprint density at radius 3 is 2.73 bits per heavy atom. The lowest BCUT2D eigenvalue weighted by molar-refractivity contribution is 0.167. The molecule has 1 aliphatic heterocycles. The van der Waals surface area contributed by atoms with Crippen molar-refractivity contribution in [1.29, 1.82) is 0 Å². The van der Waals surface area contributed by atoms with Gasteiger partial charge in [-0.2, -0.15) is 0 Å². The van der Waals surface area contributed by atoms with Gasteiger partial charge in [0.25, 0.3) is 0 Å². The number of rotatable bonds is 5. The molecule has 6 heteroatoms. The van der Waals surface area contributed by atoms with Gasteiger partial charge < -0.3 is 19.9 Å². The van der Waals surface area contributed by atoms with E-state index >= 15 is 0 Å². The summed E-state index contributed by atoms with van der Waals surface area (Å²) in [5.74, 6) is 1.35. The van der Waals surface area contributed by atoms with E-state index in [0.29, 0.717) is 12.0 Å². The molecule has 0 unspecified atom stereocenters. The molecule has 0 spiro atoms. The molecule has 22 heavy (non-hydrogen) atoms. The number of aromatic nitrogens is 1. The smallest absolute Gasteiger partial charge is 0.322 e. The summed E-state index contributed by atoms with van der Waals surface area (Å²) >= 11 is 0. The van der Waals surface area contributed by atoms with Gasteiger partial charge in [-0.1, -0.05) is 0 Å². The summed E-state index contributed by atoms with van der Waals surface area (Å²) in [6, 6.07) is 4.18. The third-order valence-corrected chi connectivity index (χ3v) is 4.18. The lowest BCUT2D eigenvalue weighted by atomic mass is 10.1. The lowest BCUT2D eigenvalue weighted by Gasteiger charge is -2.25. The van der Waals surface area contributed by atoms with Crippen molar-refractivity contribution in [1.82, 2.24) is 9.88 Å². The fraction of sp³-hybridized carbons (Fsp3) is 0.625. The van der Waals surface area contributed by atoms with E-state index in [9.17, 15) is 4.79 Å². The molecule has 0 radical (unpaired) electrons. The van der Waals surface area contributed by atoms with Crippen LogP contribution in [0.3, 0.4) is 0 Å². The number of pyridine rings is 1. The SMILES string of the molecule is CN(C)c1ccc(NC(=O)N(C[C@@H]2CCOC2)C2CC2)cn1. The van der Waals surface area contributed by atoms with Gasteiger partial charge in [0, 0.05) is 39.2 Å². The second-order valence-corrected chi connectivity index (χ2v) is 6.34. The normalized spacial score (nSPS) is 20.7. The first-order chi connectivity index (χ1) is 10.6. The summed E-state index contributed by atoms with van der Waals surface area (Å²) in [5, 5.41) is 2.97. The van der Waals surface area contributed by atoms with E-state index in [4.69, 9.17) is 4.74 Å². The van der Waals surface area contributed by atoms with Gasteiger partial charge in [0.05, 0.1) is 18.5 Å². The largest absolute Gasteiger partial charge is 0.381 e. The molecule has 2 amide bonds. The Labute approximate surface area is 131 Å². The second kappa shape index (κ2) is 6.52. The van der Waals surface area contributed by atoms with E-state index in [2.05, 4.69) is 10.3 Å². The minimum Gasteiger partial charge on any atom is -0.381 e. The third kappa shape index (κ3) is 3.68. The van der Waals surface area contributed by atoms with Crippen LogP contribution in [0.25, 0.3) is 0 Å². The number of carbonyl (C=O) groups is 1. The molecular formula is C16H24N4O2. The highest BCUT2D eigenvalue weighted by atomic mass is 16.5. The van der Waals surface area contributed by atoms with Crippen molar-refractivity contribution in [2.45, 2.75) is 25.3 Å². The number of ether oxygens (including phenoxy) is 1. The zero-order valence-corrected chi connectivity index (χ0v) is 13.3. The highest BCUT2D eigenvalue weighted by Gasteiger charge is 2.34. The molecule has 6 nitrogen and oxygen atoms in total. The Kier molecular flexibility index (Phi) is 4.47. The molecule has 120 valence electrons. The Hall–Kier alpha value is -1.82. The molecule has 3 rings (SSSR count). The number of urea groups is 1. The quantitative estimate of drug-likeness (QED) is 0.906. The summed E-state index contributed by atoms with van der Waals surface area (Å²) in [6.07, 6.45) is 4.98. The highest BCUT2D eigenvalue weighted by molar-refractivity contribution is 5.89. The second-order valence-electron chi connectivity index (χ2n) is 6.34. The van der Waals surface area contributed by atoms with Gasteiger partial charge in [-0.25, -0.2) is 9.78 Å². The van der Waals surface area contributed by atoms with Crippen LogP contribution in [0.2, 0.25) is 0 Å². The average molecular weight is 304 g/mol. The molecular weight excluding hydrogens is 280 g/mol. The van der Waals surface area contributed by atoms with Gasteiger partial charge in [-0.05, 0) is 31.4 Å². The Bertz CT molecular complexity index is 507. The first-order valence-electron chi connectivity index (χ1n) is 7.92. The van der Waals surface area contributed by atoms with Gasteiger partial charge in [0.1, 0.15) is 5.82 Å². The average Bonchev–Trinajstić information content (AvgIpc) is 3.21. The molecule has 1 aliphatic carbocycles. The predicted octanol–water partition coefficient (Wildman–Crippen LogP) is 2.18. The van der Waals surface area contributed by atoms with Crippen LogP contribution in [0.1, 0.15) is 19.3 Å². The molecule has 1 atom stereocenters. The lowest BCUT2D eigenvalue weighted by Crippen LogP contribution is -2.40. The summed E-state index contributed by atoms with van der Waals surface area (Å²) < 4.78 is 5.42. The first-order valence-corrected chi connectivity index (χ1v) is 7.92. The van der Waals surface area contributed by atoms with Crippen molar-refractivity contribution >= 4 is 17.5 Å². The number of carbonyl (C=O) groups excluding carboxylic acids is 1. The molecule has 2 heterocycles. The number of hydrogen-bond acceptors (Lipinski definition) is 4. The molecule has 1 aromatic heterocycles. The summed E-state index contributed by atoms with van der Waals surface area (Å²) in [5.41, 5.74) is 0.740. The summed E-state index contributed by atoms with van der Waals surface area (Å²) in [6.45, 7) is 2.38. The van der Waals surface area contributed by atoms with Crippen LogP contribution >= 0.6 is 0 Å². The number of nitrogens with one attached hydrogen (secondary N) is 1. The van der Waals surface area contributed by atoms with Crippen LogP contribution in [0.4, 0.5) is 16.3 Å². The van der Waals surface area contributed by atoms with E-state index in [1.165, 1.54) is 0 Å². The van der Waals surface area contributed by atoms with Gasteiger partial charge >= 0.3 is 6.03 Å². The fourth-order valence-corrected chi connectivity index (χ4v) is 2.71. The van der Waals surface area contributed by atoms with E-state index in [0.717, 1.165) is 50.5 Å². The topological polar surface area (TPSA) is 57.7 Å². The van der Waals surface area contributed by atoms with Gasteiger partial charge in [-0.15, -0.1) is 0 Å². The molecule has 1 saturated heterocycles. The van der Waals surface area contributed by atoms with Crippen LogP contribution in [-0.4, -0.2) is 55.8 Å². The van der Waals surface area contributed by atoms with Crippen LogP contribution in [-0.2, 0) is 4.74 Å². The van der Waals surface area contributed by atoms with Crippen molar-refractivity contribution in [3.8, 4) is 0 Å². The molecule has 1 N–H and O–H groups in total. The van der Waals surface area contributed by atoms with Crippen LogP contribution in [0.5, 0.6) is 0 Å². The van der Waals surface area contributed by atoms with Crippen molar-refractivity contribution < 1.29 is 9.53 Å². The molecule has 1 aromatic rings. The van der Waals surface area contributed by atoms with Crippen LogP contribution in [0, 0.1) is 5.92 Å². The van der Waals surface area contributed by atoms with Gasteiger partial charge in [0.15, 0.2) is 0 Å². The maximum atomic E-state index is 12.5. The highest BCUT2D eigenvalue weighted by Crippen LogP contribution is 2.29. The van der Waals surface area contributed by atoms with Crippen molar-refractivity contribution in [3.05, 3.63) is 18.3 Å². The maximum absolute atomic E-state index is 12.5. The van der Waals surface area contributed by atoms with E-state index in [1.54, 1.807) is 6.20 Å². The van der Waals surface area contributed by atoms with E-state index in [-0.39, 0.29) is 6.03 Å². The molecule has 2 fully saturated rings. The van der Waals surface area contributed by atoms with Gasteiger partial charge in [-0.3, -0.25) is 0 Å². The van der Waals surface area contributed by atoms with E-state index < -0.39 is 0 Å². The number of hydrogen-bond donors (Lipinski definition) is 1. The van der Waals surface area contributed by atoms with Crippen molar-refractivity contribution in [3.63, 3.8) is 0 Å². The standard InChI is InChI=1S/C16H24N4O2/c1-19(2)15-6-3-13(9-17-15)18-16(21)20(14-4-5-14)10-12-7-8-22-11-12/h3,6,9,12,14H,4-5,7-8,10-11H2,1-2H3,(H,18,21)/t12-/m0/s1. The predicted molar refractivity (Wildman–Crippen MR) is 86.2 cm³/mol. The fourth-order valence-electron chi connectivity index (χ4n) is 2.71. The molecule has 1 saturated carbocycles. The number of anilines is 2. The number of amides is 2. The first kappa shape index (κ1) is 15.1. The Morgan fingerprint density at radius 1 is 1.36 bits per heavy atom. The molecule has 0 aromatic carbocycles. The zero-order chi connectivity index (χ0) is 15.5. The Balaban J connectivity index is 1.60. The van der Waals surface area contributed by atoms with Gasteiger partial charge in [0.2, 0.25) is 0 Å². The minimum atomic E-state index is -0.0196. The zero-order valence-electron chi connectivity index (χ0n) is 13.3. The summed E-state index contributed by atoms with van der Waals surface area (Å²) in [4.78, 5) is 20.8. The van der Waals surface area contributed by atoms with E-state index in [1.807, 2.05) is 36.0 Å². The third-order valence-electron chi connectivity index (χ3n) is 4.18. The molecule has 2 aliphatic rings. The molecule has 0 bridgehead atoms.